The number of guanidine groups is 1. The maximum Gasteiger partial charge on any atom is 0.191 e. The summed E-state index contributed by atoms with van der Waals surface area (Å²) < 4.78 is 0.201. The highest BCUT2D eigenvalue weighted by Crippen LogP contribution is 2.21. The first kappa shape index (κ1) is 23.3. The lowest BCUT2D eigenvalue weighted by Gasteiger charge is -2.30. The van der Waals surface area contributed by atoms with Crippen molar-refractivity contribution in [1.82, 2.24) is 15.5 Å². The third-order valence-electron chi connectivity index (χ3n) is 4.33. The second-order valence-corrected chi connectivity index (χ2v) is 8.48. The van der Waals surface area contributed by atoms with Gasteiger partial charge in [-0.1, -0.05) is 6.92 Å². The normalized spacial score (nSPS) is 17.7. The van der Waals surface area contributed by atoms with Crippen molar-refractivity contribution in [2.75, 3.05) is 45.5 Å². The lowest BCUT2D eigenvalue weighted by molar-refractivity contribution is 0.191. The molecule has 4 nitrogen and oxygen atoms in total. The van der Waals surface area contributed by atoms with Crippen molar-refractivity contribution in [2.45, 2.75) is 51.7 Å². The van der Waals surface area contributed by atoms with E-state index in [0.717, 1.165) is 31.5 Å². The molecule has 1 rings (SSSR count). The van der Waals surface area contributed by atoms with E-state index < -0.39 is 0 Å². The van der Waals surface area contributed by atoms with E-state index in [4.69, 9.17) is 4.99 Å². The maximum absolute atomic E-state index is 4.71. The van der Waals surface area contributed by atoms with Gasteiger partial charge in [-0.15, -0.1) is 24.0 Å². The third kappa shape index (κ3) is 10.7. The number of nitrogens with one attached hydrogen (secondary N) is 2. The van der Waals surface area contributed by atoms with Crippen molar-refractivity contribution in [1.29, 1.82) is 0 Å². The first-order valence-electron chi connectivity index (χ1n) is 8.76. The SMILES string of the molecule is CCNC(=NCC(C)(C)SC)NCCCN1CCC(C)CC1.I. The van der Waals surface area contributed by atoms with Crippen LogP contribution in [0.15, 0.2) is 4.99 Å². The topological polar surface area (TPSA) is 39.7 Å². The molecular formula is C17H37IN4S. The molecule has 0 bridgehead atoms. The standard InChI is InChI=1S/C17H36N4S.HI/c1-6-18-16(20-14-17(3,4)22-5)19-10-7-11-21-12-8-15(2)9-13-21;/h15H,6-14H2,1-5H3,(H2,18,19,20);1H. The van der Waals surface area contributed by atoms with Gasteiger partial charge in [0.2, 0.25) is 0 Å². The van der Waals surface area contributed by atoms with E-state index in [1.807, 2.05) is 11.8 Å². The lowest BCUT2D eigenvalue weighted by Crippen LogP contribution is -2.40. The molecule has 1 heterocycles. The fraction of sp³-hybridized carbons (Fsp3) is 0.941. The second kappa shape index (κ2) is 12.6. The van der Waals surface area contributed by atoms with Gasteiger partial charge in [0, 0.05) is 17.8 Å². The summed E-state index contributed by atoms with van der Waals surface area (Å²) in [7, 11) is 0. The third-order valence-corrected chi connectivity index (χ3v) is 5.57. The highest BCUT2D eigenvalue weighted by molar-refractivity contribution is 14.0. The van der Waals surface area contributed by atoms with Crippen LogP contribution < -0.4 is 10.6 Å². The number of halogens is 1. The molecule has 1 saturated heterocycles. The molecule has 0 radical (unpaired) electrons. The number of rotatable bonds is 8. The van der Waals surface area contributed by atoms with Crippen molar-refractivity contribution < 1.29 is 0 Å². The Kier molecular flexibility index (Phi) is 12.8. The van der Waals surface area contributed by atoms with E-state index in [0.29, 0.717) is 0 Å². The van der Waals surface area contributed by atoms with Gasteiger partial charge in [-0.25, -0.2) is 0 Å². The van der Waals surface area contributed by atoms with Crippen molar-refractivity contribution in [3.63, 3.8) is 0 Å². The molecule has 0 aliphatic carbocycles. The minimum atomic E-state index is 0. The zero-order valence-corrected chi connectivity index (χ0v) is 18.8. The van der Waals surface area contributed by atoms with Crippen molar-refractivity contribution in [3.8, 4) is 0 Å². The van der Waals surface area contributed by atoms with Crippen molar-refractivity contribution in [3.05, 3.63) is 0 Å². The average molecular weight is 456 g/mol. The molecule has 0 aromatic heterocycles. The van der Waals surface area contributed by atoms with Crippen LogP contribution in [0.2, 0.25) is 0 Å². The summed E-state index contributed by atoms with van der Waals surface area (Å²) in [5.74, 6) is 1.87. The number of aliphatic imine (C=N–C) groups is 1. The molecule has 0 aromatic rings. The molecule has 138 valence electrons. The minimum absolute atomic E-state index is 0. The summed E-state index contributed by atoms with van der Waals surface area (Å²) in [6.45, 7) is 15.5. The first-order valence-corrected chi connectivity index (χ1v) is 9.99. The number of likely N-dealkylation sites (tertiary alicyclic amines) is 1. The molecule has 0 aromatic carbocycles. The molecule has 2 N–H and O–H groups in total. The van der Waals surface area contributed by atoms with Crippen LogP contribution in [0.5, 0.6) is 0 Å². The monoisotopic (exact) mass is 456 g/mol. The predicted molar refractivity (Wildman–Crippen MR) is 116 cm³/mol. The molecule has 23 heavy (non-hydrogen) atoms. The Bertz CT molecular complexity index is 329. The summed E-state index contributed by atoms with van der Waals surface area (Å²) in [5, 5.41) is 6.81. The number of nitrogens with zero attached hydrogens (tertiary/aromatic N) is 2. The van der Waals surface area contributed by atoms with Gasteiger partial charge < -0.3 is 15.5 Å². The van der Waals surface area contributed by atoms with Crippen molar-refractivity contribution in [2.24, 2.45) is 10.9 Å². The molecule has 0 unspecified atom stereocenters. The molecule has 0 spiro atoms. The number of hydrogen-bond acceptors (Lipinski definition) is 3. The molecule has 1 fully saturated rings. The Morgan fingerprint density at radius 1 is 1.26 bits per heavy atom. The minimum Gasteiger partial charge on any atom is -0.357 e. The molecule has 0 amide bonds. The van der Waals surface area contributed by atoms with E-state index in [1.165, 1.54) is 38.9 Å². The van der Waals surface area contributed by atoms with E-state index >= 15 is 0 Å². The van der Waals surface area contributed by atoms with Crippen LogP contribution in [-0.4, -0.2) is 61.1 Å². The Balaban J connectivity index is 0.00000484. The summed E-state index contributed by atoms with van der Waals surface area (Å²) in [6, 6.07) is 0. The van der Waals surface area contributed by atoms with Crippen LogP contribution in [0.25, 0.3) is 0 Å². The highest BCUT2D eigenvalue weighted by Gasteiger charge is 2.16. The van der Waals surface area contributed by atoms with Gasteiger partial charge in [-0.2, -0.15) is 11.8 Å². The van der Waals surface area contributed by atoms with E-state index in [2.05, 4.69) is 49.5 Å². The van der Waals surface area contributed by atoms with E-state index in [-0.39, 0.29) is 28.7 Å². The lowest BCUT2D eigenvalue weighted by atomic mass is 9.99. The molecular weight excluding hydrogens is 419 g/mol. The van der Waals surface area contributed by atoms with Crippen LogP contribution in [0.4, 0.5) is 0 Å². The van der Waals surface area contributed by atoms with Gasteiger partial charge in [0.25, 0.3) is 0 Å². The first-order chi connectivity index (χ1) is 10.5. The molecule has 6 heteroatoms. The Morgan fingerprint density at radius 2 is 1.91 bits per heavy atom. The quantitative estimate of drug-likeness (QED) is 0.254. The van der Waals surface area contributed by atoms with Gasteiger partial charge in [0.15, 0.2) is 5.96 Å². The molecule has 0 atom stereocenters. The summed E-state index contributed by atoms with van der Waals surface area (Å²) in [4.78, 5) is 7.31. The van der Waals surface area contributed by atoms with Crippen LogP contribution in [0.3, 0.4) is 0 Å². The van der Waals surface area contributed by atoms with Crippen LogP contribution >= 0.6 is 35.7 Å². The van der Waals surface area contributed by atoms with Gasteiger partial charge in [0.1, 0.15) is 0 Å². The van der Waals surface area contributed by atoms with Crippen LogP contribution in [-0.2, 0) is 0 Å². The summed E-state index contributed by atoms with van der Waals surface area (Å²) in [5.41, 5.74) is 0. The van der Waals surface area contributed by atoms with E-state index in [1.54, 1.807) is 0 Å². The summed E-state index contributed by atoms with van der Waals surface area (Å²) in [6.07, 6.45) is 6.06. The fourth-order valence-corrected chi connectivity index (χ4v) is 2.66. The number of hydrogen-bond donors (Lipinski definition) is 2. The summed E-state index contributed by atoms with van der Waals surface area (Å²) >= 11 is 1.87. The van der Waals surface area contributed by atoms with Gasteiger partial charge in [-0.05, 0) is 71.8 Å². The fourth-order valence-electron chi connectivity index (χ4n) is 2.47. The van der Waals surface area contributed by atoms with Gasteiger partial charge >= 0.3 is 0 Å². The zero-order valence-electron chi connectivity index (χ0n) is 15.7. The number of piperidine rings is 1. The van der Waals surface area contributed by atoms with Gasteiger partial charge in [0.05, 0.1) is 6.54 Å². The molecule has 0 saturated carbocycles. The Labute approximate surface area is 165 Å². The van der Waals surface area contributed by atoms with E-state index in [9.17, 15) is 0 Å². The predicted octanol–water partition coefficient (Wildman–Crippen LogP) is 3.42. The number of thioether (sulfide) groups is 1. The van der Waals surface area contributed by atoms with Gasteiger partial charge in [-0.3, -0.25) is 4.99 Å². The van der Waals surface area contributed by atoms with Crippen LogP contribution in [0.1, 0.15) is 47.0 Å². The van der Waals surface area contributed by atoms with Crippen molar-refractivity contribution >= 4 is 41.7 Å². The molecule has 1 aliphatic rings. The molecule has 1 aliphatic heterocycles. The second-order valence-electron chi connectivity index (χ2n) is 6.96. The maximum atomic E-state index is 4.71. The zero-order chi connectivity index (χ0) is 16.4. The van der Waals surface area contributed by atoms with Crippen LogP contribution in [0, 0.1) is 5.92 Å². The smallest absolute Gasteiger partial charge is 0.191 e. The Hall–Kier alpha value is 0.310. The highest BCUT2D eigenvalue weighted by atomic mass is 127. The largest absolute Gasteiger partial charge is 0.357 e. The Morgan fingerprint density at radius 3 is 2.48 bits per heavy atom. The average Bonchev–Trinajstić information content (AvgIpc) is 2.51.